The van der Waals surface area contributed by atoms with Gasteiger partial charge in [0.1, 0.15) is 0 Å². The first-order valence-corrected chi connectivity index (χ1v) is 5.76. The summed E-state index contributed by atoms with van der Waals surface area (Å²) in [7, 11) is 0. The number of rotatable bonds is 7. The Bertz CT molecular complexity index is 233. The number of aliphatic hydroxyl groups is 1. The molecule has 0 rings (SSSR count). The molecule has 15 heavy (non-hydrogen) atoms. The highest BCUT2D eigenvalue weighted by molar-refractivity contribution is 5.20. The molecule has 2 heteroatoms. The van der Waals surface area contributed by atoms with E-state index in [1.807, 2.05) is 6.07 Å². The van der Waals surface area contributed by atoms with E-state index in [1.54, 1.807) is 0 Å². The van der Waals surface area contributed by atoms with Crippen molar-refractivity contribution in [2.75, 3.05) is 0 Å². The first kappa shape index (κ1) is 14.2. The molecule has 0 aromatic heterocycles. The lowest BCUT2D eigenvalue weighted by molar-refractivity contribution is 0.121. The highest BCUT2D eigenvalue weighted by atomic mass is 16.3. The lowest BCUT2D eigenvalue weighted by Gasteiger charge is -2.31. The minimum atomic E-state index is -0.668. The Hall–Kier alpha value is -0.810. The molecule has 0 radical (unpaired) electrons. The molecule has 86 valence electrons. The predicted molar refractivity (Wildman–Crippen MR) is 63.3 cm³/mol. The Morgan fingerprint density at radius 1 is 1.40 bits per heavy atom. The fourth-order valence-corrected chi connectivity index (χ4v) is 2.20. The smallest absolute Gasteiger partial charge is 0.0968 e. The first-order chi connectivity index (χ1) is 6.99. The van der Waals surface area contributed by atoms with E-state index in [1.165, 1.54) is 0 Å². The second-order valence-corrected chi connectivity index (χ2v) is 4.67. The topological polar surface area (TPSA) is 44.0 Å². The normalized spacial score (nSPS) is 13.3. The third-order valence-corrected chi connectivity index (χ3v) is 2.94. The van der Waals surface area contributed by atoms with Crippen molar-refractivity contribution in [3.63, 3.8) is 0 Å². The number of hydrogen-bond donors (Lipinski definition) is 1. The van der Waals surface area contributed by atoms with Crippen molar-refractivity contribution in [2.45, 2.75) is 59.0 Å². The van der Waals surface area contributed by atoms with Crippen molar-refractivity contribution < 1.29 is 5.11 Å². The van der Waals surface area contributed by atoms with Crippen LogP contribution in [0.2, 0.25) is 0 Å². The molecule has 1 N–H and O–H groups in total. The second-order valence-electron chi connectivity index (χ2n) is 4.67. The van der Waals surface area contributed by atoms with Gasteiger partial charge in [0.25, 0.3) is 0 Å². The summed E-state index contributed by atoms with van der Waals surface area (Å²) in [5.74, 6) is 0. The van der Waals surface area contributed by atoms with E-state index in [4.69, 9.17) is 5.26 Å². The summed E-state index contributed by atoms with van der Waals surface area (Å²) in [6.45, 7) is 10.1. The molecule has 0 aromatic rings. The summed E-state index contributed by atoms with van der Waals surface area (Å²) < 4.78 is 0. The van der Waals surface area contributed by atoms with E-state index in [9.17, 15) is 5.11 Å². The molecule has 0 aliphatic carbocycles. The fraction of sp³-hybridized carbons (Fsp3) is 0.769. The summed E-state index contributed by atoms with van der Waals surface area (Å²) >= 11 is 0. The third-order valence-electron chi connectivity index (χ3n) is 2.94. The van der Waals surface area contributed by atoms with Crippen LogP contribution in [0.1, 0.15) is 52.9 Å². The van der Waals surface area contributed by atoms with E-state index >= 15 is 0 Å². The van der Waals surface area contributed by atoms with Crippen molar-refractivity contribution in [3.8, 4) is 6.07 Å². The molecule has 1 atom stereocenters. The minimum Gasteiger partial charge on any atom is -0.388 e. The van der Waals surface area contributed by atoms with E-state index in [2.05, 4.69) is 27.4 Å². The van der Waals surface area contributed by atoms with Gasteiger partial charge >= 0.3 is 0 Å². The van der Waals surface area contributed by atoms with Gasteiger partial charge in [0, 0.05) is 0 Å². The van der Waals surface area contributed by atoms with Crippen molar-refractivity contribution >= 4 is 0 Å². The van der Waals surface area contributed by atoms with Gasteiger partial charge in [0.05, 0.1) is 17.7 Å². The zero-order valence-electron chi connectivity index (χ0n) is 10.2. The standard InChI is InChI=1S/C13H23NO/c1-5-7-13(4,8-6-2)9-12(15)11(3)10-14/h12,15H,3,5-9H2,1-2,4H3. The van der Waals surface area contributed by atoms with Gasteiger partial charge in [-0.15, -0.1) is 0 Å². The molecule has 1 unspecified atom stereocenters. The zero-order chi connectivity index (χ0) is 11.9. The van der Waals surface area contributed by atoms with Crippen molar-refractivity contribution in [1.29, 1.82) is 5.26 Å². The van der Waals surface area contributed by atoms with E-state index < -0.39 is 6.10 Å². The van der Waals surface area contributed by atoms with Gasteiger partial charge in [-0.25, -0.2) is 0 Å². The Kier molecular flexibility index (Phi) is 6.27. The summed E-state index contributed by atoms with van der Waals surface area (Å²) in [6.07, 6.45) is 4.40. The summed E-state index contributed by atoms with van der Waals surface area (Å²) in [4.78, 5) is 0. The van der Waals surface area contributed by atoms with Gasteiger partial charge in [-0.1, -0.05) is 40.2 Å². The number of hydrogen-bond acceptors (Lipinski definition) is 2. The largest absolute Gasteiger partial charge is 0.388 e. The predicted octanol–water partition coefficient (Wildman–Crippen LogP) is 3.42. The van der Waals surface area contributed by atoms with Gasteiger partial charge in [0.2, 0.25) is 0 Å². The number of aliphatic hydroxyl groups excluding tert-OH is 1. The zero-order valence-corrected chi connectivity index (χ0v) is 10.2. The minimum absolute atomic E-state index is 0.142. The van der Waals surface area contributed by atoms with Gasteiger partial charge in [-0.05, 0) is 24.7 Å². The van der Waals surface area contributed by atoms with Gasteiger partial charge in [0.15, 0.2) is 0 Å². The highest BCUT2D eigenvalue weighted by Crippen LogP contribution is 2.35. The van der Waals surface area contributed by atoms with Crippen LogP contribution in [0.25, 0.3) is 0 Å². The maximum absolute atomic E-state index is 9.78. The summed E-state index contributed by atoms with van der Waals surface area (Å²) in [5.41, 5.74) is 0.427. The van der Waals surface area contributed by atoms with Gasteiger partial charge < -0.3 is 5.11 Å². The van der Waals surface area contributed by atoms with Crippen molar-refractivity contribution in [2.24, 2.45) is 5.41 Å². The molecule has 0 aliphatic heterocycles. The molecule has 0 bridgehead atoms. The van der Waals surface area contributed by atoms with E-state index in [0.29, 0.717) is 6.42 Å². The molecule has 0 amide bonds. The molecular formula is C13H23NO. The molecule has 0 aliphatic rings. The first-order valence-electron chi connectivity index (χ1n) is 5.76. The van der Waals surface area contributed by atoms with Gasteiger partial charge in [-0.3, -0.25) is 0 Å². The summed E-state index contributed by atoms with van der Waals surface area (Å²) in [6, 6.07) is 1.93. The van der Waals surface area contributed by atoms with Crippen LogP contribution in [-0.2, 0) is 0 Å². The molecule has 0 heterocycles. The van der Waals surface area contributed by atoms with Gasteiger partial charge in [-0.2, -0.15) is 5.26 Å². The highest BCUT2D eigenvalue weighted by Gasteiger charge is 2.26. The molecule has 0 saturated heterocycles. The quantitative estimate of drug-likeness (QED) is 0.653. The maximum Gasteiger partial charge on any atom is 0.0968 e. The van der Waals surface area contributed by atoms with Crippen LogP contribution in [0.5, 0.6) is 0 Å². The SMILES string of the molecule is C=C(C#N)C(O)CC(C)(CCC)CCC. The molecular weight excluding hydrogens is 186 g/mol. The number of nitriles is 1. The van der Waals surface area contributed by atoms with Crippen LogP contribution in [0.15, 0.2) is 12.2 Å². The van der Waals surface area contributed by atoms with E-state index in [-0.39, 0.29) is 11.0 Å². The molecule has 0 saturated carbocycles. The molecule has 0 spiro atoms. The lowest BCUT2D eigenvalue weighted by Crippen LogP contribution is -2.24. The summed E-state index contributed by atoms with van der Waals surface area (Å²) in [5, 5.41) is 18.4. The maximum atomic E-state index is 9.78. The van der Waals surface area contributed by atoms with Crippen LogP contribution in [-0.4, -0.2) is 11.2 Å². The Morgan fingerprint density at radius 2 is 1.87 bits per heavy atom. The van der Waals surface area contributed by atoms with Crippen LogP contribution in [0.4, 0.5) is 0 Å². The second kappa shape index (κ2) is 6.63. The molecule has 0 fully saturated rings. The number of nitrogens with zero attached hydrogens (tertiary/aromatic N) is 1. The van der Waals surface area contributed by atoms with E-state index in [0.717, 1.165) is 25.7 Å². The average molecular weight is 209 g/mol. The molecule has 0 aromatic carbocycles. The monoisotopic (exact) mass is 209 g/mol. The van der Waals surface area contributed by atoms with Crippen LogP contribution in [0.3, 0.4) is 0 Å². The van der Waals surface area contributed by atoms with Crippen LogP contribution < -0.4 is 0 Å². The van der Waals surface area contributed by atoms with Crippen LogP contribution >= 0.6 is 0 Å². The van der Waals surface area contributed by atoms with Crippen molar-refractivity contribution in [3.05, 3.63) is 12.2 Å². The van der Waals surface area contributed by atoms with Crippen molar-refractivity contribution in [1.82, 2.24) is 0 Å². The Labute approximate surface area is 93.6 Å². The Balaban J connectivity index is 4.40. The molecule has 2 nitrogen and oxygen atoms in total. The Morgan fingerprint density at radius 3 is 2.20 bits per heavy atom. The lowest BCUT2D eigenvalue weighted by atomic mass is 9.76. The van der Waals surface area contributed by atoms with Crippen LogP contribution in [0, 0.1) is 16.7 Å². The fourth-order valence-electron chi connectivity index (χ4n) is 2.20. The third kappa shape index (κ3) is 4.99. The average Bonchev–Trinajstić information content (AvgIpc) is 2.16.